The monoisotopic (exact) mass is 585 g/mol. The first kappa shape index (κ1) is 34.2. The number of likely N-dealkylation sites (N-methyl/N-ethyl adjacent to an activating group) is 1. The van der Waals surface area contributed by atoms with Gasteiger partial charge in [-0.3, -0.25) is 19.1 Å². The van der Waals surface area contributed by atoms with Gasteiger partial charge in [-0.25, -0.2) is 18.4 Å². The Hall–Kier alpha value is -3.81. The van der Waals surface area contributed by atoms with E-state index < -0.39 is 22.4 Å². The van der Waals surface area contributed by atoms with E-state index in [9.17, 15) is 17.6 Å². The number of aliphatic hydroxyl groups excluding tert-OH is 1. The number of hydrogen-bond donors (Lipinski definition) is 2. The Morgan fingerprint density at radius 2 is 1.77 bits per heavy atom. The van der Waals surface area contributed by atoms with Gasteiger partial charge in [0.2, 0.25) is 16.0 Å². The maximum absolute atomic E-state index is 13.6. The molecule has 1 aliphatic rings. The number of halogens is 3. The van der Waals surface area contributed by atoms with E-state index in [2.05, 4.69) is 14.9 Å². The van der Waals surface area contributed by atoms with E-state index in [4.69, 9.17) is 10.4 Å². The number of carbonyl (C=O) groups excluding carboxylic acids is 1. The second kappa shape index (κ2) is 15.7. The molecule has 1 fully saturated rings. The van der Waals surface area contributed by atoms with E-state index in [1.54, 1.807) is 16.4 Å². The smallest absolute Gasteiger partial charge is 0.243 e. The number of Topliss-reactive ketones (excluding diaryl/α,β-unsaturated/α-hetero) is 1. The van der Waals surface area contributed by atoms with E-state index in [-0.39, 0.29) is 32.5 Å². The molecule has 1 atom stereocenters. The van der Waals surface area contributed by atoms with Gasteiger partial charge in [0, 0.05) is 38.6 Å². The molecule has 218 valence electrons. The van der Waals surface area contributed by atoms with Crippen LogP contribution in [0.25, 0.3) is 10.8 Å². The molecule has 0 bridgehead atoms. The summed E-state index contributed by atoms with van der Waals surface area (Å²) < 4.78 is 39.1. The largest absolute Gasteiger partial charge is 0.388 e. The number of rotatable bonds is 7. The summed E-state index contributed by atoms with van der Waals surface area (Å²) >= 11 is 0. The Bertz CT molecular complexity index is 1420. The summed E-state index contributed by atoms with van der Waals surface area (Å²) in [6.07, 6.45) is 4.82. The van der Waals surface area contributed by atoms with Crippen molar-refractivity contribution >= 4 is 32.5 Å². The van der Waals surface area contributed by atoms with Crippen LogP contribution >= 0.6 is 0 Å². The van der Waals surface area contributed by atoms with Crippen molar-refractivity contribution in [3.05, 3.63) is 60.4 Å². The fourth-order valence-corrected chi connectivity index (χ4v) is 5.74. The van der Waals surface area contributed by atoms with Gasteiger partial charge in [-0.1, -0.05) is 30.3 Å². The molecule has 0 saturated carbocycles. The fraction of sp³-hybridized carbons (Fsp3) is 0.320. The summed E-state index contributed by atoms with van der Waals surface area (Å²) in [5, 5.41) is 18.0. The number of anilines is 1. The van der Waals surface area contributed by atoms with E-state index in [0.717, 1.165) is 16.9 Å². The molecule has 3 aromatic rings. The molecule has 0 aliphatic carbocycles. The minimum Gasteiger partial charge on any atom is -0.388 e. The van der Waals surface area contributed by atoms with Crippen LogP contribution in [0.2, 0.25) is 0 Å². The van der Waals surface area contributed by atoms with E-state index in [0.29, 0.717) is 25.6 Å². The zero-order valence-corrected chi connectivity index (χ0v) is 22.5. The molecule has 1 aliphatic heterocycles. The van der Waals surface area contributed by atoms with Gasteiger partial charge in [-0.05, 0) is 37.0 Å². The van der Waals surface area contributed by atoms with Crippen molar-refractivity contribution in [1.29, 1.82) is 0 Å². The number of benzene rings is 2. The molecule has 1 aromatic heterocycles. The second-order valence-corrected chi connectivity index (χ2v) is 10.5. The third-order valence-electron chi connectivity index (χ3n) is 5.80. The molecule has 0 radical (unpaired) electrons. The summed E-state index contributed by atoms with van der Waals surface area (Å²) in [4.78, 5) is 27.3. The summed E-state index contributed by atoms with van der Waals surface area (Å²) in [5.74, 6) is -0.0191. The topological polar surface area (TPSA) is 136 Å². The van der Waals surface area contributed by atoms with Gasteiger partial charge in [0.1, 0.15) is 6.61 Å². The minimum absolute atomic E-state index is 0. The van der Waals surface area contributed by atoms with Gasteiger partial charge in [-0.2, -0.15) is 9.56 Å². The van der Waals surface area contributed by atoms with Crippen molar-refractivity contribution in [2.24, 2.45) is 0 Å². The number of ketones is 1. The van der Waals surface area contributed by atoms with Crippen LogP contribution in [-0.2, 0) is 14.9 Å². The number of aliphatic hydroxyl groups is 1. The maximum atomic E-state index is 13.6. The molecule has 2 aromatic carbocycles. The Balaban J connectivity index is 0.00000105. The van der Waals surface area contributed by atoms with Crippen LogP contribution in [-0.4, -0.2) is 96.7 Å². The Labute approximate surface area is 229 Å². The fourth-order valence-electron chi connectivity index (χ4n) is 4.11. The highest BCUT2D eigenvalue weighted by molar-refractivity contribution is 7.89. The first-order valence-corrected chi connectivity index (χ1v) is 12.9. The lowest BCUT2D eigenvalue weighted by Gasteiger charge is -2.41. The zero-order chi connectivity index (χ0) is 27.7. The maximum Gasteiger partial charge on any atom is 0.243 e. The highest BCUT2D eigenvalue weighted by atomic mass is 32.2. The molecule has 1 saturated heterocycles. The van der Waals surface area contributed by atoms with Crippen LogP contribution in [0.1, 0.15) is 10.4 Å². The number of nitrogens with zero attached hydrogens (tertiary/aromatic N) is 5. The van der Waals surface area contributed by atoms with Crippen molar-refractivity contribution in [2.75, 3.05) is 51.8 Å². The first-order valence-electron chi connectivity index (χ1n) is 11.5. The van der Waals surface area contributed by atoms with Crippen LogP contribution in [0, 0.1) is 12.3 Å². The van der Waals surface area contributed by atoms with Crippen molar-refractivity contribution in [3.8, 4) is 12.3 Å². The van der Waals surface area contributed by atoms with Crippen molar-refractivity contribution in [1.82, 2.24) is 19.2 Å². The van der Waals surface area contributed by atoms with Crippen LogP contribution in [0.4, 0.5) is 19.7 Å². The van der Waals surface area contributed by atoms with Crippen molar-refractivity contribution in [2.45, 2.75) is 10.9 Å². The van der Waals surface area contributed by atoms with Gasteiger partial charge in [0.25, 0.3) is 0 Å². The number of piperazine rings is 1. The lowest BCUT2D eigenvalue weighted by molar-refractivity contribution is -0.172. The summed E-state index contributed by atoms with van der Waals surface area (Å²) in [5.41, 5.74) is 0.239. The molecule has 2 heterocycles. The van der Waals surface area contributed by atoms with E-state index in [1.807, 2.05) is 54.2 Å². The van der Waals surface area contributed by atoms with Crippen LogP contribution in [0.3, 0.4) is 0 Å². The SMILES string of the molecule is CN(C)CC1CN(c2ncc(C(=O)CO)cn2)CCN1S(=O)(=O)c1ccc2ccccc2c1.F.F.OOC#CF. The summed E-state index contributed by atoms with van der Waals surface area (Å²) in [6, 6.07) is 12.6. The molecular weight excluding hydrogens is 555 g/mol. The molecule has 2 N–H and O–H groups in total. The first-order chi connectivity index (χ1) is 18.2. The quantitative estimate of drug-likeness (QED) is 0.183. The zero-order valence-electron chi connectivity index (χ0n) is 21.7. The van der Waals surface area contributed by atoms with Gasteiger partial charge < -0.3 is 14.9 Å². The molecule has 4 rings (SSSR count). The minimum atomic E-state index is -3.71. The second-order valence-electron chi connectivity index (χ2n) is 8.63. The third-order valence-corrected chi connectivity index (χ3v) is 7.75. The summed E-state index contributed by atoms with van der Waals surface area (Å²) in [7, 11) is 0.108. The van der Waals surface area contributed by atoms with E-state index >= 15 is 0 Å². The Morgan fingerprint density at radius 3 is 2.33 bits per heavy atom. The lowest BCUT2D eigenvalue weighted by Crippen LogP contribution is -2.58. The molecule has 0 spiro atoms. The van der Waals surface area contributed by atoms with Gasteiger partial charge in [-0.15, -0.1) is 4.39 Å². The number of sulfonamides is 1. The number of hydrogen-bond acceptors (Lipinski definition) is 10. The third kappa shape index (κ3) is 8.34. The van der Waals surface area contributed by atoms with Crippen LogP contribution < -0.4 is 4.90 Å². The number of fused-ring (bicyclic) bond motifs is 1. The Kier molecular flexibility index (Phi) is 13.4. The highest BCUT2D eigenvalue weighted by Crippen LogP contribution is 2.26. The van der Waals surface area contributed by atoms with Crippen molar-refractivity contribution in [3.63, 3.8) is 0 Å². The number of carbonyl (C=O) groups is 1. The Morgan fingerprint density at radius 1 is 1.12 bits per heavy atom. The molecule has 0 amide bonds. The predicted octanol–water partition coefficient (Wildman–Crippen LogP) is 1.91. The predicted molar refractivity (Wildman–Crippen MR) is 143 cm³/mol. The number of aromatic nitrogens is 2. The van der Waals surface area contributed by atoms with Crippen LogP contribution in [0.15, 0.2) is 59.8 Å². The average Bonchev–Trinajstić information content (AvgIpc) is 2.92. The normalized spacial score (nSPS) is 15.1. The molecule has 40 heavy (non-hydrogen) atoms. The lowest BCUT2D eigenvalue weighted by atomic mass is 10.1. The molecule has 11 nitrogen and oxygen atoms in total. The van der Waals surface area contributed by atoms with Gasteiger partial charge in [0.05, 0.1) is 16.5 Å². The van der Waals surface area contributed by atoms with Gasteiger partial charge >= 0.3 is 0 Å². The van der Waals surface area contributed by atoms with Crippen molar-refractivity contribution < 1.29 is 42.3 Å². The average molecular weight is 586 g/mol. The van der Waals surface area contributed by atoms with E-state index in [1.165, 1.54) is 18.5 Å². The highest BCUT2D eigenvalue weighted by Gasteiger charge is 2.37. The van der Waals surface area contributed by atoms with Crippen LogP contribution in [0.5, 0.6) is 0 Å². The molecule has 1 unspecified atom stereocenters. The molecular formula is C25H30F3N5O6S. The standard InChI is InChI=1S/C23H27N5O4S.C2HFO2.2FH/c1-26(2)14-20-15-27(23-24-12-19(13-25-23)22(30)16-29)9-10-28(20)33(31,32)21-8-7-17-5-3-4-6-18(17)11-21;3-1-2-5-4;;/h3-8,11-13,20,29H,9-10,14-16H2,1-2H3;4H;2*1H. The summed E-state index contributed by atoms with van der Waals surface area (Å²) in [6.45, 7) is 1.06. The van der Waals surface area contributed by atoms with Gasteiger partial charge in [0.15, 0.2) is 18.1 Å². The molecule has 15 heteroatoms.